The molecule has 88 valence electrons. The minimum absolute atomic E-state index is 0.0626. The van der Waals surface area contributed by atoms with Gasteiger partial charge in [-0.3, -0.25) is 4.79 Å². The molecule has 16 heavy (non-hydrogen) atoms. The number of rotatable bonds is 4. The molecule has 0 aliphatic heterocycles. The molecule has 0 bridgehead atoms. The fourth-order valence-electron chi connectivity index (χ4n) is 1.16. The summed E-state index contributed by atoms with van der Waals surface area (Å²) in [4.78, 5) is 13.5. The van der Waals surface area contributed by atoms with Gasteiger partial charge in [0.15, 0.2) is 0 Å². The average molecular weight is 230 g/mol. The van der Waals surface area contributed by atoms with Crippen molar-refractivity contribution in [1.82, 2.24) is 4.98 Å². The summed E-state index contributed by atoms with van der Waals surface area (Å²) in [5.74, 6) is -2.14. The molecule has 0 fully saturated rings. The molecule has 0 saturated heterocycles. The maximum absolute atomic E-state index is 12.7. The molecule has 7 heteroatoms. The summed E-state index contributed by atoms with van der Waals surface area (Å²) in [7, 11) is 0. The van der Waals surface area contributed by atoms with Crippen LogP contribution in [0, 0.1) is 5.95 Å². The van der Waals surface area contributed by atoms with Crippen molar-refractivity contribution in [2.75, 3.05) is 5.73 Å². The fraction of sp³-hybridized carbons (Fsp3) is 0.333. The van der Waals surface area contributed by atoms with Gasteiger partial charge in [0.25, 0.3) is 0 Å². The summed E-state index contributed by atoms with van der Waals surface area (Å²) < 4.78 is 12.7. The monoisotopic (exact) mass is 230 g/mol. The Kier molecular flexibility index (Phi) is 3.75. The van der Waals surface area contributed by atoms with Crippen LogP contribution in [-0.4, -0.2) is 32.4 Å². The van der Waals surface area contributed by atoms with Gasteiger partial charge in [0.05, 0.1) is 18.2 Å². The van der Waals surface area contributed by atoms with E-state index in [1.165, 1.54) is 0 Å². The Morgan fingerprint density at radius 1 is 1.56 bits per heavy atom. The van der Waals surface area contributed by atoms with Gasteiger partial charge in [-0.05, 0) is 6.07 Å². The van der Waals surface area contributed by atoms with Crippen LogP contribution in [-0.2, 0) is 4.79 Å². The third-order valence-corrected chi connectivity index (χ3v) is 1.98. The predicted molar refractivity (Wildman–Crippen MR) is 51.8 cm³/mol. The molecule has 5 N–H and O–H groups in total. The molecule has 0 amide bonds. The summed E-state index contributed by atoms with van der Waals surface area (Å²) in [5, 5.41) is 27.2. The highest BCUT2D eigenvalue weighted by Crippen LogP contribution is 2.21. The number of anilines is 1. The lowest BCUT2D eigenvalue weighted by molar-refractivity contribution is -0.141. The number of carbonyl (C=O) groups is 1. The molecule has 0 aliphatic carbocycles. The number of hydrogen-bond acceptors (Lipinski definition) is 5. The van der Waals surface area contributed by atoms with Gasteiger partial charge in [-0.1, -0.05) is 0 Å². The van der Waals surface area contributed by atoms with Crippen LogP contribution in [0.4, 0.5) is 10.1 Å². The van der Waals surface area contributed by atoms with Crippen LogP contribution in [0.3, 0.4) is 0 Å². The molecule has 1 aromatic rings. The number of pyridine rings is 1. The van der Waals surface area contributed by atoms with E-state index in [2.05, 4.69) is 4.98 Å². The molecule has 0 aromatic carbocycles. The first kappa shape index (κ1) is 12.3. The van der Waals surface area contributed by atoms with E-state index in [-0.39, 0.29) is 11.3 Å². The molecule has 1 heterocycles. The maximum Gasteiger partial charge on any atom is 0.306 e. The van der Waals surface area contributed by atoms with Crippen molar-refractivity contribution in [3.63, 3.8) is 0 Å². The Hall–Kier alpha value is -1.73. The highest BCUT2D eigenvalue weighted by atomic mass is 19.1. The standard InChI is InChI=1S/C9H11FN2O4/c10-9-5(11)1-4(3-12-9)8(16)6(13)2-7(14)15/h1,3,6,8,13,16H,2,11H2,(H,14,15). The Morgan fingerprint density at radius 2 is 2.19 bits per heavy atom. The molecule has 1 rings (SSSR count). The number of aliphatic hydroxyl groups excluding tert-OH is 2. The van der Waals surface area contributed by atoms with Gasteiger partial charge < -0.3 is 21.1 Å². The van der Waals surface area contributed by atoms with Crippen molar-refractivity contribution < 1.29 is 24.5 Å². The lowest BCUT2D eigenvalue weighted by atomic mass is 10.0. The number of halogens is 1. The lowest BCUT2D eigenvalue weighted by Gasteiger charge is -2.16. The van der Waals surface area contributed by atoms with E-state index >= 15 is 0 Å². The zero-order valence-corrected chi connectivity index (χ0v) is 8.17. The fourth-order valence-corrected chi connectivity index (χ4v) is 1.16. The second-order valence-corrected chi connectivity index (χ2v) is 3.26. The van der Waals surface area contributed by atoms with Crippen LogP contribution >= 0.6 is 0 Å². The number of carboxylic acids is 1. The quantitative estimate of drug-likeness (QED) is 0.526. The molecule has 6 nitrogen and oxygen atoms in total. The number of aromatic nitrogens is 1. The van der Waals surface area contributed by atoms with Gasteiger partial charge in [-0.15, -0.1) is 0 Å². The van der Waals surface area contributed by atoms with Crippen LogP contribution in [0.25, 0.3) is 0 Å². The van der Waals surface area contributed by atoms with E-state index in [9.17, 15) is 19.4 Å². The van der Waals surface area contributed by atoms with Crippen molar-refractivity contribution >= 4 is 11.7 Å². The van der Waals surface area contributed by atoms with Crippen molar-refractivity contribution in [1.29, 1.82) is 0 Å². The third kappa shape index (κ3) is 2.88. The number of aliphatic hydroxyl groups is 2. The van der Waals surface area contributed by atoms with E-state index < -0.39 is 30.5 Å². The number of nitrogens with zero attached hydrogens (tertiary/aromatic N) is 1. The van der Waals surface area contributed by atoms with E-state index in [0.29, 0.717) is 0 Å². The molecule has 0 saturated carbocycles. The minimum atomic E-state index is -1.50. The molecule has 2 atom stereocenters. The van der Waals surface area contributed by atoms with Gasteiger partial charge in [-0.25, -0.2) is 4.98 Å². The van der Waals surface area contributed by atoms with Crippen LogP contribution in [0.5, 0.6) is 0 Å². The zero-order chi connectivity index (χ0) is 12.3. The SMILES string of the molecule is Nc1cc(C(O)C(O)CC(=O)O)cnc1F. The Labute approximate surface area is 90.2 Å². The molecule has 0 spiro atoms. The summed E-state index contributed by atoms with van der Waals surface area (Å²) in [6.45, 7) is 0. The minimum Gasteiger partial charge on any atom is -0.481 e. The third-order valence-electron chi connectivity index (χ3n) is 1.98. The van der Waals surface area contributed by atoms with Gasteiger partial charge in [-0.2, -0.15) is 4.39 Å². The summed E-state index contributed by atoms with van der Waals surface area (Å²) in [6.07, 6.45) is -2.60. The van der Waals surface area contributed by atoms with Gasteiger partial charge in [0.1, 0.15) is 6.10 Å². The summed E-state index contributed by atoms with van der Waals surface area (Å²) in [6, 6.07) is 1.10. The first-order valence-electron chi connectivity index (χ1n) is 4.40. The normalized spacial score (nSPS) is 14.4. The highest BCUT2D eigenvalue weighted by Gasteiger charge is 2.22. The number of nitrogen functional groups attached to an aromatic ring is 1. The van der Waals surface area contributed by atoms with Crippen LogP contribution in [0.2, 0.25) is 0 Å². The Morgan fingerprint density at radius 3 is 2.69 bits per heavy atom. The summed E-state index contributed by atoms with van der Waals surface area (Å²) in [5.41, 5.74) is 5.00. The van der Waals surface area contributed by atoms with Crippen LogP contribution in [0.1, 0.15) is 18.1 Å². The maximum atomic E-state index is 12.7. The van der Waals surface area contributed by atoms with E-state index in [1.807, 2.05) is 0 Å². The largest absolute Gasteiger partial charge is 0.481 e. The molecule has 0 aliphatic rings. The smallest absolute Gasteiger partial charge is 0.306 e. The number of hydrogen-bond donors (Lipinski definition) is 4. The topological polar surface area (TPSA) is 117 Å². The molecule has 0 radical (unpaired) electrons. The number of aliphatic carboxylic acids is 1. The number of nitrogens with two attached hydrogens (primary N) is 1. The average Bonchev–Trinajstić information content (AvgIpc) is 2.20. The zero-order valence-electron chi connectivity index (χ0n) is 8.17. The number of carboxylic acid groups (broad SMARTS) is 1. The van der Waals surface area contributed by atoms with E-state index in [1.54, 1.807) is 0 Å². The Bertz CT molecular complexity index is 399. The van der Waals surface area contributed by atoms with Gasteiger partial charge >= 0.3 is 5.97 Å². The molecule has 2 unspecified atom stereocenters. The highest BCUT2D eigenvalue weighted by molar-refractivity contribution is 5.67. The lowest BCUT2D eigenvalue weighted by Crippen LogP contribution is -2.22. The van der Waals surface area contributed by atoms with Crippen molar-refractivity contribution in [3.8, 4) is 0 Å². The van der Waals surface area contributed by atoms with Gasteiger partial charge in [0, 0.05) is 11.8 Å². The summed E-state index contributed by atoms with van der Waals surface area (Å²) >= 11 is 0. The predicted octanol–water partition coefficient (Wildman–Crippen LogP) is -0.328. The van der Waals surface area contributed by atoms with Crippen molar-refractivity contribution in [3.05, 3.63) is 23.8 Å². The van der Waals surface area contributed by atoms with Gasteiger partial charge in [0.2, 0.25) is 5.95 Å². The van der Waals surface area contributed by atoms with Crippen LogP contribution < -0.4 is 5.73 Å². The molecular formula is C9H11FN2O4. The first-order chi connectivity index (χ1) is 7.41. The van der Waals surface area contributed by atoms with E-state index in [4.69, 9.17) is 10.8 Å². The second kappa shape index (κ2) is 4.86. The van der Waals surface area contributed by atoms with Crippen molar-refractivity contribution in [2.24, 2.45) is 0 Å². The molecule has 1 aromatic heterocycles. The van der Waals surface area contributed by atoms with E-state index in [0.717, 1.165) is 12.3 Å². The first-order valence-corrected chi connectivity index (χ1v) is 4.40. The molecular weight excluding hydrogens is 219 g/mol. The van der Waals surface area contributed by atoms with Crippen molar-refractivity contribution in [2.45, 2.75) is 18.6 Å². The Balaban J connectivity index is 2.83. The second-order valence-electron chi connectivity index (χ2n) is 3.26. The van der Waals surface area contributed by atoms with Crippen LogP contribution in [0.15, 0.2) is 12.3 Å².